The number of piperazine rings is 1. The maximum absolute atomic E-state index is 12.8. The second kappa shape index (κ2) is 8.61. The van der Waals surface area contributed by atoms with Gasteiger partial charge in [-0.2, -0.15) is 0 Å². The smallest absolute Gasteiger partial charge is 0.241 e. The largest absolute Gasteiger partial charge is 0.497 e. The standard InChI is InChI=1S/C20H23ClN2O4/c1-26-18-8-3-14(19(9-18)27-2)10-22-11-17(13-24)23(20(25)12-22)16-6-4-15(21)5-7-16/h3-9,17,24H,10-13H2,1-2H3. The first-order valence-corrected chi connectivity index (χ1v) is 9.05. The molecule has 7 heteroatoms. The third-order valence-electron chi connectivity index (χ3n) is 4.67. The number of benzene rings is 2. The fourth-order valence-electron chi connectivity index (χ4n) is 3.36. The van der Waals surface area contributed by atoms with Gasteiger partial charge in [0.1, 0.15) is 11.5 Å². The fourth-order valence-corrected chi connectivity index (χ4v) is 3.48. The maximum Gasteiger partial charge on any atom is 0.241 e. The van der Waals surface area contributed by atoms with Crippen LogP contribution in [-0.2, 0) is 11.3 Å². The Labute approximate surface area is 163 Å². The SMILES string of the molecule is COc1ccc(CN2CC(=O)N(c3ccc(Cl)cc3)C(CO)C2)c(OC)c1. The molecule has 1 saturated heterocycles. The van der Waals surface area contributed by atoms with E-state index < -0.39 is 0 Å². The minimum Gasteiger partial charge on any atom is -0.497 e. The Morgan fingerprint density at radius 3 is 2.52 bits per heavy atom. The van der Waals surface area contributed by atoms with Gasteiger partial charge >= 0.3 is 0 Å². The summed E-state index contributed by atoms with van der Waals surface area (Å²) in [5, 5.41) is 10.5. The van der Waals surface area contributed by atoms with Gasteiger partial charge in [0.25, 0.3) is 0 Å². The first-order chi connectivity index (χ1) is 13.0. The monoisotopic (exact) mass is 390 g/mol. The molecule has 1 N–H and O–H groups in total. The molecule has 0 aromatic heterocycles. The minimum atomic E-state index is -0.323. The summed E-state index contributed by atoms with van der Waals surface area (Å²) >= 11 is 5.94. The van der Waals surface area contributed by atoms with Crippen LogP contribution in [0.2, 0.25) is 5.02 Å². The molecule has 3 rings (SSSR count). The van der Waals surface area contributed by atoms with Crippen molar-refractivity contribution in [2.75, 3.05) is 38.8 Å². The van der Waals surface area contributed by atoms with Crippen LogP contribution in [0.3, 0.4) is 0 Å². The first-order valence-electron chi connectivity index (χ1n) is 8.67. The summed E-state index contributed by atoms with van der Waals surface area (Å²) in [7, 11) is 3.22. The highest BCUT2D eigenvalue weighted by atomic mass is 35.5. The third kappa shape index (κ3) is 4.35. The number of aliphatic hydroxyl groups excluding tert-OH is 1. The van der Waals surface area contributed by atoms with Crippen molar-refractivity contribution in [3.63, 3.8) is 0 Å². The third-order valence-corrected chi connectivity index (χ3v) is 4.92. The lowest BCUT2D eigenvalue weighted by molar-refractivity contribution is -0.122. The van der Waals surface area contributed by atoms with Gasteiger partial charge in [0.15, 0.2) is 0 Å². The molecule has 2 aromatic rings. The van der Waals surface area contributed by atoms with E-state index >= 15 is 0 Å². The van der Waals surface area contributed by atoms with Crippen molar-refractivity contribution in [1.29, 1.82) is 0 Å². The van der Waals surface area contributed by atoms with Gasteiger partial charge in [-0.3, -0.25) is 9.69 Å². The predicted octanol–water partition coefficient (Wildman–Crippen LogP) is 2.57. The Morgan fingerprint density at radius 1 is 1.15 bits per heavy atom. The lowest BCUT2D eigenvalue weighted by Gasteiger charge is -2.40. The number of rotatable bonds is 6. The number of hydrogen-bond donors (Lipinski definition) is 1. The summed E-state index contributed by atoms with van der Waals surface area (Å²) in [6.07, 6.45) is 0. The van der Waals surface area contributed by atoms with Gasteiger partial charge in [-0.15, -0.1) is 0 Å². The highest BCUT2D eigenvalue weighted by molar-refractivity contribution is 6.30. The molecule has 27 heavy (non-hydrogen) atoms. The minimum absolute atomic E-state index is 0.0601. The molecule has 0 saturated carbocycles. The fraction of sp³-hybridized carbons (Fsp3) is 0.350. The zero-order valence-corrected chi connectivity index (χ0v) is 16.1. The maximum atomic E-state index is 12.8. The molecule has 1 aliphatic rings. The van der Waals surface area contributed by atoms with E-state index in [0.717, 1.165) is 11.3 Å². The Morgan fingerprint density at radius 2 is 1.89 bits per heavy atom. The van der Waals surface area contributed by atoms with E-state index in [1.807, 2.05) is 23.1 Å². The van der Waals surface area contributed by atoms with Gasteiger partial charge in [0.05, 0.1) is 33.4 Å². The zero-order valence-electron chi connectivity index (χ0n) is 15.4. The molecule has 2 aromatic carbocycles. The van der Waals surface area contributed by atoms with Crippen LogP contribution < -0.4 is 14.4 Å². The summed E-state index contributed by atoms with van der Waals surface area (Å²) < 4.78 is 10.7. The van der Waals surface area contributed by atoms with Crippen LogP contribution in [0.4, 0.5) is 5.69 Å². The highest BCUT2D eigenvalue weighted by Gasteiger charge is 2.33. The van der Waals surface area contributed by atoms with Crippen LogP contribution in [0.15, 0.2) is 42.5 Å². The van der Waals surface area contributed by atoms with E-state index in [2.05, 4.69) is 0 Å². The Kier molecular flexibility index (Phi) is 6.21. The van der Waals surface area contributed by atoms with E-state index in [1.54, 1.807) is 43.4 Å². The quantitative estimate of drug-likeness (QED) is 0.821. The number of anilines is 1. The van der Waals surface area contributed by atoms with E-state index in [0.29, 0.717) is 29.6 Å². The number of halogens is 1. The summed E-state index contributed by atoms with van der Waals surface area (Å²) in [6.45, 7) is 1.24. The van der Waals surface area contributed by atoms with Crippen LogP contribution in [0, 0.1) is 0 Å². The van der Waals surface area contributed by atoms with Crippen molar-refractivity contribution >= 4 is 23.2 Å². The topological polar surface area (TPSA) is 62.2 Å². The average molecular weight is 391 g/mol. The number of hydrogen-bond acceptors (Lipinski definition) is 5. The molecule has 1 heterocycles. The number of amides is 1. The molecule has 1 unspecified atom stereocenters. The molecule has 0 radical (unpaired) electrons. The molecule has 0 aliphatic carbocycles. The molecule has 0 bridgehead atoms. The number of nitrogens with zero attached hydrogens (tertiary/aromatic N) is 2. The highest BCUT2D eigenvalue weighted by Crippen LogP contribution is 2.28. The van der Waals surface area contributed by atoms with E-state index in [4.69, 9.17) is 21.1 Å². The number of aliphatic hydroxyl groups is 1. The predicted molar refractivity (Wildman–Crippen MR) is 105 cm³/mol. The molecule has 0 spiro atoms. The van der Waals surface area contributed by atoms with Gasteiger partial charge in [-0.1, -0.05) is 17.7 Å². The summed E-state index contributed by atoms with van der Waals surface area (Å²) in [5.74, 6) is 1.37. The number of carbonyl (C=O) groups excluding carboxylic acids is 1. The first kappa shape index (κ1) is 19.5. The molecule has 144 valence electrons. The van der Waals surface area contributed by atoms with Crippen LogP contribution in [0.25, 0.3) is 0 Å². The van der Waals surface area contributed by atoms with Crippen LogP contribution in [0.5, 0.6) is 11.5 Å². The Bertz CT molecular complexity index is 797. The number of ether oxygens (including phenoxy) is 2. The van der Waals surface area contributed by atoms with Gasteiger partial charge in [0, 0.05) is 35.4 Å². The van der Waals surface area contributed by atoms with Crippen molar-refractivity contribution in [2.45, 2.75) is 12.6 Å². The van der Waals surface area contributed by atoms with Crippen LogP contribution in [-0.4, -0.2) is 55.9 Å². The summed E-state index contributed by atoms with van der Waals surface area (Å²) in [4.78, 5) is 16.5. The lowest BCUT2D eigenvalue weighted by atomic mass is 10.1. The second-order valence-electron chi connectivity index (χ2n) is 6.42. The lowest BCUT2D eigenvalue weighted by Crippen LogP contribution is -2.57. The van der Waals surface area contributed by atoms with Gasteiger partial charge < -0.3 is 19.5 Å². The normalized spacial score (nSPS) is 17.9. The van der Waals surface area contributed by atoms with Crippen molar-refractivity contribution in [2.24, 2.45) is 0 Å². The van der Waals surface area contributed by atoms with Gasteiger partial charge in [0.2, 0.25) is 5.91 Å². The molecule has 1 amide bonds. The van der Waals surface area contributed by atoms with Crippen molar-refractivity contribution in [1.82, 2.24) is 4.90 Å². The zero-order chi connectivity index (χ0) is 19.4. The number of carbonyl (C=O) groups is 1. The van der Waals surface area contributed by atoms with E-state index in [1.165, 1.54) is 0 Å². The van der Waals surface area contributed by atoms with E-state index in [-0.39, 0.29) is 25.1 Å². The van der Waals surface area contributed by atoms with Crippen LogP contribution >= 0.6 is 11.6 Å². The molecule has 6 nitrogen and oxygen atoms in total. The molecule has 1 atom stereocenters. The van der Waals surface area contributed by atoms with E-state index in [9.17, 15) is 9.90 Å². The molecule has 1 aliphatic heterocycles. The van der Waals surface area contributed by atoms with Crippen molar-refractivity contribution in [3.8, 4) is 11.5 Å². The number of methoxy groups -OCH3 is 2. The molecular formula is C20H23ClN2O4. The van der Waals surface area contributed by atoms with Crippen LogP contribution in [0.1, 0.15) is 5.56 Å². The Hall–Kier alpha value is -2.28. The molecular weight excluding hydrogens is 368 g/mol. The molecule has 1 fully saturated rings. The van der Waals surface area contributed by atoms with Gasteiger partial charge in [-0.25, -0.2) is 0 Å². The average Bonchev–Trinajstić information content (AvgIpc) is 2.68. The summed E-state index contributed by atoms with van der Waals surface area (Å²) in [6, 6.07) is 12.4. The Balaban J connectivity index is 1.77. The second-order valence-corrected chi connectivity index (χ2v) is 6.86. The van der Waals surface area contributed by atoms with Crippen molar-refractivity contribution in [3.05, 3.63) is 53.1 Å². The summed E-state index contributed by atoms with van der Waals surface area (Å²) in [5.41, 5.74) is 1.70. The van der Waals surface area contributed by atoms with Gasteiger partial charge in [-0.05, 0) is 30.3 Å². The van der Waals surface area contributed by atoms with Crippen molar-refractivity contribution < 1.29 is 19.4 Å².